The summed E-state index contributed by atoms with van der Waals surface area (Å²) in [7, 11) is 0. The Kier molecular flexibility index (Phi) is 2.37. The molecule has 2 atom stereocenters. The van der Waals surface area contributed by atoms with Crippen LogP contribution in [-0.2, 0) is 0 Å². The third-order valence-corrected chi connectivity index (χ3v) is 2.51. The van der Waals surface area contributed by atoms with Crippen LogP contribution in [0, 0.1) is 11.6 Å². The molecule has 0 unspecified atom stereocenters. The van der Waals surface area contributed by atoms with Crippen molar-refractivity contribution < 1.29 is 13.9 Å². The molecule has 0 heterocycles. The largest absolute Gasteiger partial charge is 0.391 e. The van der Waals surface area contributed by atoms with Crippen molar-refractivity contribution >= 4 is 5.69 Å². The van der Waals surface area contributed by atoms with Gasteiger partial charge in [-0.1, -0.05) is 0 Å². The zero-order valence-corrected chi connectivity index (χ0v) is 7.50. The topological polar surface area (TPSA) is 32.3 Å². The van der Waals surface area contributed by atoms with Crippen LogP contribution in [0.25, 0.3) is 0 Å². The molecule has 1 aliphatic carbocycles. The highest BCUT2D eigenvalue weighted by atomic mass is 19.2. The second-order valence-corrected chi connectivity index (χ2v) is 3.52. The van der Waals surface area contributed by atoms with Gasteiger partial charge >= 0.3 is 0 Å². The molecule has 0 amide bonds. The number of aliphatic hydroxyl groups is 1. The van der Waals surface area contributed by atoms with Crippen molar-refractivity contribution in [1.29, 1.82) is 0 Å². The fourth-order valence-corrected chi connectivity index (χ4v) is 1.45. The predicted octanol–water partition coefficient (Wildman–Crippen LogP) is 1.90. The Bertz CT molecular complexity index is 343. The van der Waals surface area contributed by atoms with E-state index in [-0.39, 0.29) is 12.1 Å². The van der Waals surface area contributed by atoms with E-state index in [1.165, 1.54) is 6.07 Å². The number of nitrogens with one attached hydrogen (secondary N) is 1. The number of anilines is 1. The lowest BCUT2D eigenvalue weighted by Crippen LogP contribution is -2.42. The van der Waals surface area contributed by atoms with Gasteiger partial charge < -0.3 is 10.4 Å². The molecule has 0 aliphatic heterocycles. The van der Waals surface area contributed by atoms with Crippen LogP contribution in [0.2, 0.25) is 0 Å². The van der Waals surface area contributed by atoms with Gasteiger partial charge in [-0.15, -0.1) is 0 Å². The second kappa shape index (κ2) is 3.53. The summed E-state index contributed by atoms with van der Waals surface area (Å²) in [6.07, 6.45) is 1.25. The van der Waals surface area contributed by atoms with Gasteiger partial charge in [0, 0.05) is 11.8 Å². The number of hydrogen-bond acceptors (Lipinski definition) is 2. The van der Waals surface area contributed by atoms with E-state index >= 15 is 0 Å². The predicted molar refractivity (Wildman–Crippen MR) is 49.0 cm³/mol. The highest BCUT2D eigenvalue weighted by Crippen LogP contribution is 2.24. The van der Waals surface area contributed by atoms with E-state index in [2.05, 4.69) is 5.32 Å². The highest BCUT2D eigenvalue weighted by Gasteiger charge is 2.28. The lowest BCUT2D eigenvalue weighted by molar-refractivity contribution is 0.0786. The van der Waals surface area contributed by atoms with Gasteiger partial charge in [0.2, 0.25) is 0 Å². The number of rotatable bonds is 2. The first kappa shape index (κ1) is 9.40. The van der Waals surface area contributed by atoms with E-state index < -0.39 is 11.6 Å². The minimum atomic E-state index is -0.871. The molecule has 2 nitrogen and oxygen atoms in total. The van der Waals surface area contributed by atoms with E-state index in [1.54, 1.807) is 0 Å². The van der Waals surface area contributed by atoms with E-state index in [4.69, 9.17) is 0 Å². The van der Waals surface area contributed by atoms with Crippen molar-refractivity contribution in [2.45, 2.75) is 25.0 Å². The van der Waals surface area contributed by atoms with Gasteiger partial charge in [0.15, 0.2) is 11.6 Å². The summed E-state index contributed by atoms with van der Waals surface area (Å²) in [6.45, 7) is 0. The Balaban J connectivity index is 2.06. The summed E-state index contributed by atoms with van der Waals surface area (Å²) < 4.78 is 25.3. The van der Waals surface area contributed by atoms with E-state index in [0.717, 1.165) is 25.0 Å². The minimum absolute atomic E-state index is 0.0279. The van der Waals surface area contributed by atoms with Gasteiger partial charge in [0.05, 0.1) is 12.1 Å². The molecule has 2 N–H and O–H groups in total. The lowest BCUT2D eigenvalue weighted by Gasteiger charge is -2.33. The molecule has 1 aliphatic rings. The molecule has 0 spiro atoms. The Morgan fingerprint density at radius 3 is 2.50 bits per heavy atom. The van der Waals surface area contributed by atoms with Crippen molar-refractivity contribution in [3.05, 3.63) is 29.8 Å². The van der Waals surface area contributed by atoms with Crippen LogP contribution in [0.1, 0.15) is 12.8 Å². The van der Waals surface area contributed by atoms with E-state index in [0.29, 0.717) is 5.69 Å². The van der Waals surface area contributed by atoms with Crippen LogP contribution >= 0.6 is 0 Å². The van der Waals surface area contributed by atoms with Gasteiger partial charge in [-0.3, -0.25) is 0 Å². The molecule has 0 bridgehead atoms. The Hall–Kier alpha value is -1.16. The standard InChI is InChI=1S/C10H11F2NO/c11-7-2-1-6(5-8(7)12)13-9-3-4-10(9)14/h1-2,5,9-10,13-14H,3-4H2/t9-,10-/m1/s1. The summed E-state index contributed by atoms with van der Waals surface area (Å²) in [5, 5.41) is 12.2. The fourth-order valence-electron chi connectivity index (χ4n) is 1.45. The van der Waals surface area contributed by atoms with Crippen molar-refractivity contribution in [2.75, 3.05) is 5.32 Å². The quantitative estimate of drug-likeness (QED) is 0.762. The molecule has 2 rings (SSSR count). The summed E-state index contributed by atoms with van der Waals surface area (Å²) in [4.78, 5) is 0. The van der Waals surface area contributed by atoms with Crippen LogP contribution in [-0.4, -0.2) is 17.3 Å². The van der Waals surface area contributed by atoms with Gasteiger partial charge in [-0.05, 0) is 25.0 Å². The van der Waals surface area contributed by atoms with Crippen LogP contribution in [0.4, 0.5) is 14.5 Å². The molecule has 0 radical (unpaired) electrons. The molecule has 14 heavy (non-hydrogen) atoms. The van der Waals surface area contributed by atoms with Crippen LogP contribution in [0.3, 0.4) is 0 Å². The van der Waals surface area contributed by atoms with Gasteiger partial charge in [-0.25, -0.2) is 8.78 Å². The van der Waals surface area contributed by atoms with Gasteiger partial charge in [-0.2, -0.15) is 0 Å². The monoisotopic (exact) mass is 199 g/mol. The van der Waals surface area contributed by atoms with Crippen LogP contribution < -0.4 is 5.32 Å². The third kappa shape index (κ3) is 1.70. The zero-order chi connectivity index (χ0) is 10.1. The highest BCUT2D eigenvalue weighted by molar-refractivity contribution is 5.45. The fraction of sp³-hybridized carbons (Fsp3) is 0.400. The number of hydrogen-bond donors (Lipinski definition) is 2. The molecule has 1 aromatic rings. The van der Waals surface area contributed by atoms with Crippen molar-refractivity contribution in [3.63, 3.8) is 0 Å². The van der Waals surface area contributed by atoms with E-state index in [9.17, 15) is 13.9 Å². The third-order valence-electron chi connectivity index (χ3n) is 2.51. The van der Waals surface area contributed by atoms with Gasteiger partial charge in [0.1, 0.15) is 0 Å². The van der Waals surface area contributed by atoms with Crippen LogP contribution in [0.15, 0.2) is 18.2 Å². The SMILES string of the molecule is O[C@@H]1CC[C@H]1Nc1ccc(F)c(F)c1. The molecule has 1 saturated carbocycles. The number of benzene rings is 1. The molecular formula is C10H11F2NO. The molecule has 0 aromatic heterocycles. The van der Waals surface area contributed by atoms with Crippen molar-refractivity contribution in [2.24, 2.45) is 0 Å². The van der Waals surface area contributed by atoms with Crippen LogP contribution in [0.5, 0.6) is 0 Å². The number of aliphatic hydroxyl groups excluding tert-OH is 1. The minimum Gasteiger partial charge on any atom is -0.391 e. The second-order valence-electron chi connectivity index (χ2n) is 3.52. The Morgan fingerprint density at radius 2 is 2.00 bits per heavy atom. The molecule has 76 valence electrons. The molecule has 1 fully saturated rings. The zero-order valence-electron chi connectivity index (χ0n) is 7.50. The normalized spacial score (nSPS) is 25.6. The summed E-state index contributed by atoms with van der Waals surface area (Å²) in [6, 6.07) is 3.60. The molecule has 4 heteroatoms. The van der Waals surface area contributed by atoms with Crippen molar-refractivity contribution in [3.8, 4) is 0 Å². The Labute approximate surface area is 80.6 Å². The average molecular weight is 199 g/mol. The summed E-state index contributed by atoms with van der Waals surface area (Å²) in [5.74, 6) is -1.73. The number of halogens is 2. The lowest BCUT2D eigenvalue weighted by atomic mass is 9.89. The molecule has 1 aromatic carbocycles. The first-order valence-corrected chi connectivity index (χ1v) is 4.56. The first-order chi connectivity index (χ1) is 6.66. The summed E-state index contributed by atoms with van der Waals surface area (Å²) >= 11 is 0. The van der Waals surface area contributed by atoms with Crippen molar-refractivity contribution in [1.82, 2.24) is 0 Å². The molecular weight excluding hydrogens is 188 g/mol. The molecule has 0 saturated heterocycles. The average Bonchev–Trinajstić information content (AvgIpc) is 2.17. The maximum absolute atomic E-state index is 12.8. The Morgan fingerprint density at radius 1 is 1.21 bits per heavy atom. The summed E-state index contributed by atoms with van der Waals surface area (Å²) in [5.41, 5.74) is 0.507. The maximum atomic E-state index is 12.8. The van der Waals surface area contributed by atoms with E-state index in [1.807, 2.05) is 0 Å². The maximum Gasteiger partial charge on any atom is 0.160 e. The first-order valence-electron chi connectivity index (χ1n) is 4.56. The van der Waals surface area contributed by atoms with Gasteiger partial charge in [0.25, 0.3) is 0 Å². The smallest absolute Gasteiger partial charge is 0.160 e.